The third-order valence-electron chi connectivity index (χ3n) is 5.86. The van der Waals surface area contributed by atoms with Gasteiger partial charge in [0.2, 0.25) is 10.0 Å². The Hall–Kier alpha value is -2.19. The molecule has 1 saturated heterocycles. The first kappa shape index (κ1) is 22.0. The summed E-state index contributed by atoms with van der Waals surface area (Å²) in [5.74, 6) is 0. The van der Waals surface area contributed by atoms with Crippen LogP contribution < -0.4 is 5.56 Å². The number of fused-ring (bicyclic) bond motifs is 1. The van der Waals surface area contributed by atoms with E-state index < -0.39 is 10.0 Å². The Bertz CT molecular complexity index is 1260. The van der Waals surface area contributed by atoms with Crippen molar-refractivity contribution in [1.82, 2.24) is 9.29 Å². The lowest BCUT2D eigenvalue weighted by Gasteiger charge is -2.25. The van der Waals surface area contributed by atoms with Crippen molar-refractivity contribution >= 4 is 32.5 Å². The van der Waals surface area contributed by atoms with E-state index in [9.17, 15) is 13.2 Å². The molecule has 2 heterocycles. The molecule has 1 atom stereocenters. The third-order valence-corrected chi connectivity index (χ3v) is 7.94. The highest BCUT2D eigenvalue weighted by atomic mass is 35.5. The minimum atomic E-state index is -3.85. The smallest absolute Gasteiger partial charge is 0.252 e. The molecule has 164 valence electrons. The van der Waals surface area contributed by atoms with Crippen LogP contribution in [-0.4, -0.2) is 37.0 Å². The minimum Gasteiger partial charge on any atom is -0.377 e. The zero-order valence-electron chi connectivity index (χ0n) is 17.5. The summed E-state index contributed by atoms with van der Waals surface area (Å²) in [6.45, 7) is 4.72. The maximum Gasteiger partial charge on any atom is 0.252 e. The predicted octanol–water partition coefficient (Wildman–Crippen LogP) is 4.17. The Labute approximate surface area is 186 Å². The number of rotatable bonds is 6. The van der Waals surface area contributed by atoms with Crippen LogP contribution in [0.2, 0.25) is 5.02 Å². The van der Waals surface area contributed by atoms with Gasteiger partial charge in [-0.15, -0.1) is 0 Å². The first-order chi connectivity index (χ1) is 14.8. The molecule has 0 unspecified atom stereocenters. The number of hydrogen-bond acceptors (Lipinski definition) is 4. The van der Waals surface area contributed by atoms with Crippen LogP contribution in [-0.2, 0) is 21.3 Å². The highest BCUT2D eigenvalue weighted by Crippen LogP contribution is 2.24. The fraction of sp³-hybridized carbons (Fsp3) is 0.348. The summed E-state index contributed by atoms with van der Waals surface area (Å²) in [7, 11) is -3.85. The lowest BCUT2D eigenvalue weighted by molar-refractivity contribution is 0.0925. The first-order valence-corrected chi connectivity index (χ1v) is 12.1. The van der Waals surface area contributed by atoms with Crippen molar-refractivity contribution in [2.45, 2.75) is 44.2 Å². The molecule has 2 aromatic carbocycles. The molecule has 1 N–H and O–H groups in total. The number of sulfonamides is 1. The molecule has 0 amide bonds. The molecule has 1 aliphatic heterocycles. The monoisotopic (exact) mass is 460 g/mol. The van der Waals surface area contributed by atoms with Crippen molar-refractivity contribution in [1.29, 1.82) is 0 Å². The topological polar surface area (TPSA) is 79.5 Å². The summed E-state index contributed by atoms with van der Waals surface area (Å²) in [5, 5.41) is 1.33. The number of ether oxygens (including phenoxy) is 1. The SMILES string of the molecule is Cc1ccc2cc(CN(C[C@@H]3CCCO3)S(=O)(=O)c3ccc(Cl)cc3)c(=O)[nH]c2c1C. The van der Waals surface area contributed by atoms with E-state index in [0.29, 0.717) is 17.2 Å². The molecule has 4 rings (SSSR count). The van der Waals surface area contributed by atoms with Gasteiger partial charge >= 0.3 is 0 Å². The Morgan fingerprint density at radius 1 is 1.16 bits per heavy atom. The van der Waals surface area contributed by atoms with Crippen LogP contribution in [0.4, 0.5) is 0 Å². The fourth-order valence-corrected chi connectivity index (χ4v) is 5.47. The summed E-state index contributed by atoms with van der Waals surface area (Å²) in [6.07, 6.45) is 1.50. The number of benzene rings is 2. The number of aryl methyl sites for hydroxylation is 2. The van der Waals surface area contributed by atoms with Gasteiger partial charge in [-0.05, 0) is 73.5 Å². The maximum absolute atomic E-state index is 13.4. The summed E-state index contributed by atoms with van der Waals surface area (Å²) in [6, 6.07) is 11.8. The molecule has 0 saturated carbocycles. The number of H-pyrrole nitrogens is 1. The Morgan fingerprint density at radius 3 is 2.58 bits per heavy atom. The van der Waals surface area contributed by atoms with E-state index in [-0.39, 0.29) is 29.6 Å². The molecule has 31 heavy (non-hydrogen) atoms. The zero-order valence-corrected chi connectivity index (χ0v) is 19.1. The molecule has 0 aliphatic carbocycles. The van der Waals surface area contributed by atoms with E-state index in [4.69, 9.17) is 16.3 Å². The van der Waals surface area contributed by atoms with Crippen molar-refractivity contribution < 1.29 is 13.2 Å². The molecular formula is C23H25ClN2O4S. The van der Waals surface area contributed by atoms with Gasteiger partial charge < -0.3 is 9.72 Å². The number of pyridine rings is 1. The number of aromatic nitrogens is 1. The van der Waals surface area contributed by atoms with Crippen LogP contribution in [0.15, 0.2) is 52.2 Å². The van der Waals surface area contributed by atoms with Gasteiger partial charge in [0.15, 0.2) is 0 Å². The van der Waals surface area contributed by atoms with Crippen LogP contribution in [0.1, 0.15) is 29.5 Å². The molecule has 1 fully saturated rings. The van der Waals surface area contributed by atoms with E-state index in [0.717, 1.165) is 34.9 Å². The van der Waals surface area contributed by atoms with E-state index in [2.05, 4.69) is 4.98 Å². The molecule has 0 spiro atoms. The number of aromatic amines is 1. The van der Waals surface area contributed by atoms with Crippen LogP contribution >= 0.6 is 11.6 Å². The Balaban J connectivity index is 1.74. The van der Waals surface area contributed by atoms with Gasteiger partial charge in [-0.2, -0.15) is 4.31 Å². The van der Waals surface area contributed by atoms with Gasteiger partial charge in [-0.3, -0.25) is 4.79 Å². The lowest BCUT2D eigenvalue weighted by Crippen LogP contribution is -2.38. The largest absolute Gasteiger partial charge is 0.377 e. The summed E-state index contributed by atoms with van der Waals surface area (Å²) in [5.41, 5.74) is 2.98. The minimum absolute atomic E-state index is 0.0387. The second-order valence-electron chi connectivity index (χ2n) is 7.98. The van der Waals surface area contributed by atoms with Crippen LogP contribution in [0, 0.1) is 13.8 Å². The van der Waals surface area contributed by atoms with Crippen molar-refractivity contribution in [3.05, 3.63) is 74.5 Å². The van der Waals surface area contributed by atoms with Crippen molar-refractivity contribution in [3.63, 3.8) is 0 Å². The number of hydrogen-bond donors (Lipinski definition) is 1. The normalized spacial score (nSPS) is 17.0. The van der Waals surface area contributed by atoms with Crippen LogP contribution in [0.5, 0.6) is 0 Å². The van der Waals surface area contributed by atoms with Gasteiger partial charge in [0.1, 0.15) is 0 Å². The van der Waals surface area contributed by atoms with E-state index >= 15 is 0 Å². The molecular weight excluding hydrogens is 436 g/mol. The van der Waals surface area contributed by atoms with E-state index in [1.807, 2.05) is 26.0 Å². The molecule has 6 nitrogen and oxygen atoms in total. The number of nitrogens with zero attached hydrogens (tertiary/aromatic N) is 1. The van der Waals surface area contributed by atoms with Crippen molar-refractivity contribution in [2.75, 3.05) is 13.2 Å². The second kappa shape index (κ2) is 8.74. The second-order valence-corrected chi connectivity index (χ2v) is 10.4. The van der Waals surface area contributed by atoms with Crippen LogP contribution in [0.25, 0.3) is 10.9 Å². The summed E-state index contributed by atoms with van der Waals surface area (Å²) in [4.78, 5) is 15.9. The Morgan fingerprint density at radius 2 is 1.90 bits per heavy atom. The average Bonchev–Trinajstić information content (AvgIpc) is 3.25. The van der Waals surface area contributed by atoms with Gasteiger partial charge in [0.25, 0.3) is 5.56 Å². The quantitative estimate of drug-likeness (QED) is 0.598. The highest BCUT2D eigenvalue weighted by molar-refractivity contribution is 7.89. The standard InChI is InChI=1S/C23H25ClN2O4S/c1-15-5-6-17-12-18(23(27)25-22(17)16(15)2)13-26(14-20-4-3-11-30-20)31(28,29)21-9-7-19(24)8-10-21/h5-10,12,20H,3-4,11,13-14H2,1-2H3,(H,25,27)/t20-/m0/s1. The fourth-order valence-electron chi connectivity index (χ4n) is 3.90. The van der Waals surface area contributed by atoms with Gasteiger partial charge in [0, 0.05) is 30.3 Å². The molecule has 0 bridgehead atoms. The van der Waals surface area contributed by atoms with E-state index in [1.165, 1.54) is 16.4 Å². The number of nitrogens with one attached hydrogen (secondary N) is 1. The first-order valence-electron chi connectivity index (χ1n) is 10.2. The lowest BCUT2D eigenvalue weighted by atomic mass is 10.0. The third kappa shape index (κ3) is 4.55. The predicted molar refractivity (Wildman–Crippen MR) is 122 cm³/mol. The van der Waals surface area contributed by atoms with Crippen LogP contribution in [0.3, 0.4) is 0 Å². The van der Waals surface area contributed by atoms with Gasteiger partial charge in [-0.1, -0.05) is 23.7 Å². The molecule has 3 aromatic rings. The molecule has 0 radical (unpaired) electrons. The summed E-state index contributed by atoms with van der Waals surface area (Å²) < 4.78 is 33.9. The maximum atomic E-state index is 13.4. The zero-order chi connectivity index (χ0) is 22.2. The van der Waals surface area contributed by atoms with Crippen molar-refractivity contribution in [2.24, 2.45) is 0 Å². The highest BCUT2D eigenvalue weighted by Gasteiger charge is 2.30. The number of halogens is 1. The molecule has 1 aromatic heterocycles. The summed E-state index contributed by atoms with van der Waals surface area (Å²) >= 11 is 5.93. The average molecular weight is 461 g/mol. The molecule has 1 aliphatic rings. The van der Waals surface area contributed by atoms with Crippen molar-refractivity contribution in [3.8, 4) is 0 Å². The molecule has 8 heteroatoms. The van der Waals surface area contributed by atoms with Gasteiger partial charge in [0.05, 0.1) is 16.5 Å². The van der Waals surface area contributed by atoms with Gasteiger partial charge in [-0.25, -0.2) is 8.42 Å². The van der Waals surface area contributed by atoms with E-state index in [1.54, 1.807) is 18.2 Å². The Kier molecular flexibility index (Phi) is 6.21.